The fraction of sp³-hybridized carbons (Fsp3) is 0.500. The highest BCUT2D eigenvalue weighted by Crippen LogP contribution is 2.32. The van der Waals surface area contributed by atoms with Crippen LogP contribution in [-0.4, -0.2) is 43.5 Å². The van der Waals surface area contributed by atoms with E-state index in [9.17, 15) is 4.79 Å². The van der Waals surface area contributed by atoms with Crippen LogP contribution < -0.4 is 10.6 Å². The Hall–Kier alpha value is -0.520. The first-order valence-electron chi connectivity index (χ1n) is 6.90. The molecule has 0 aliphatic carbocycles. The molecule has 2 fully saturated rings. The zero-order chi connectivity index (χ0) is 15.0. The number of halogens is 3. The Bertz CT molecular complexity index is 555. The van der Waals surface area contributed by atoms with E-state index in [-0.39, 0.29) is 5.91 Å². The first-order valence-corrected chi connectivity index (χ1v) is 8.04. The number of rotatable bonds is 3. The van der Waals surface area contributed by atoms with Gasteiger partial charge in [0.25, 0.3) is 0 Å². The van der Waals surface area contributed by atoms with Gasteiger partial charge in [0, 0.05) is 13.1 Å². The fourth-order valence-electron chi connectivity index (χ4n) is 3.09. The van der Waals surface area contributed by atoms with Gasteiger partial charge >= 0.3 is 0 Å². The first kappa shape index (κ1) is 15.4. The van der Waals surface area contributed by atoms with E-state index in [1.165, 1.54) is 6.07 Å². The van der Waals surface area contributed by atoms with E-state index >= 15 is 0 Å². The topological polar surface area (TPSA) is 44.4 Å². The average molecular weight is 349 g/mol. The maximum absolute atomic E-state index is 12.1. The van der Waals surface area contributed by atoms with Gasteiger partial charge in [0.1, 0.15) is 0 Å². The third kappa shape index (κ3) is 3.46. The van der Waals surface area contributed by atoms with Gasteiger partial charge in [-0.3, -0.25) is 9.69 Å². The van der Waals surface area contributed by atoms with Crippen LogP contribution in [0.4, 0.5) is 5.69 Å². The lowest BCUT2D eigenvalue weighted by Gasteiger charge is -2.17. The minimum absolute atomic E-state index is 0.0804. The molecule has 1 aromatic rings. The molecule has 2 N–H and O–H groups in total. The summed E-state index contributed by atoms with van der Waals surface area (Å²) >= 11 is 17.9. The van der Waals surface area contributed by atoms with Gasteiger partial charge in [0.2, 0.25) is 5.91 Å². The van der Waals surface area contributed by atoms with Crippen LogP contribution in [0.5, 0.6) is 0 Å². The number of hydrogen-bond donors (Lipinski definition) is 2. The fourth-order valence-corrected chi connectivity index (χ4v) is 3.69. The average Bonchev–Trinajstić information content (AvgIpc) is 2.96. The molecule has 2 saturated heterocycles. The van der Waals surface area contributed by atoms with Crippen molar-refractivity contribution >= 4 is 46.4 Å². The minimum Gasteiger partial charge on any atom is -0.324 e. The Morgan fingerprint density at radius 1 is 1.14 bits per heavy atom. The molecule has 2 heterocycles. The SMILES string of the molecule is O=C(CN1C[C@H]2CNC[C@H]2C1)Nc1cc(Cl)c(Cl)cc1Cl. The number of nitrogens with zero attached hydrogens (tertiary/aromatic N) is 1. The van der Waals surface area contributed by atoms with Crippen molar-refractivity contribution in [3.63, 3.8) is 0 Å². The van der Waals surface area contributed by atoms with Crippen LogP contribution in [0.1, 0.15) is 0 Å². The van der Waals surface area contributed by atoms with E-state index in [0.717, 1.165) is 26.2 Å². The van der Waals surface area contributed by atoms with Crippen molar-refractivity contribution < 1.29 is 4.79 Å². The van der Waals surface area contributed by atoms with Crippen LogP contribution in [0.15, 0.2) is 12.1 Å². The summed E-state index contributed by atoms with van der Waals surface area (Å²) in [5.41, 5.74) is 0.497. The molecule has 2 atom stereocenters. The maximum atomic E-state index is 12.1. The molecule has 3 rings (SSSR count). The van der Waals surface area contributed by atoms with Gasteiger partial charge in [-0.05, 0) is 37.1 Å². The van der Waals surface area contributed by atoms with Gasteiger partial charge in [-0.15, -0.1) is 0 Å². The molecule has 2 aliphatic rings. The zero-order valence-corrected chi connectivity index (χ0v) is 13.6. The van der Waals surface area contributed by atoms with Crippen molar-refractivity contribution in [3.8, 4) is 0 Å². The third-order valence-electron chi connectivity index (χ3n) is 4.12. The van der Waals surface area contributed by atoms with Gasteiger partial charge < -0.3 is 10.6 Å². The predicted octanol–water partition coefficient (Wildman–Crippen LogP) is 2.74. The number of benzene rings is 1. The zero-order valence-electron chi connectivity index (χ0n) is 11.3. The standard InChI is InChI=1S/C14H16Cl3N3O/c15-10-1-12(17)13(2-11(10)16)19-14(21)7-20-5-8-3-18-4-9(8)6-20/h1-2,8-9,18H,3-7H2,(H,19,21)/t8-,9+. The Morgan fingerprint density at radius 3 is 2.43 bits per heavy atom. The van der Waals surface area contributed by atoms with E-state index in [2.05, 4.69) is 15.5 Å². The van der Waals surface area contributed by atoms with E-state index in [1.54, 1.807) is 6.07 Å². The van der Waals surface area contributed by atoms with Crippen LogP contribution in [-0.2, 0) is 4.79 Å². The molecular formula is C14H16Cl3N3O. The van der Waals surface area contributed by atoms with Crippen molar-refractivity contribution in [2.75, 3.05) is 38.0 Å². The molecule has 114 valence electrons. The van der Waals surface area contributed by atoms with Crippen LogP contribution in [0, 0.1) is 11.8 Å². The lowest BCUT2D eigenvalue weighted by atomic mass is 10.0. The molecule has 1 aromatic carbocycles. The number of likely N-dealkylation sites (tertiary alicyclic amines) is 1. The highest BCUT2D eigenvalue weighted by atomic mass is 35.5. The first-order chi connectivity index (χ1) is 10.0. The molecule has 21 heavy (non-hydrogen) atoms. The molecule has 4 nitrogen and oxygen atoms in total. The third-order valence-corrected chi connectivity index (χ3v) is 5.15. The summed E-state index contributed by atoms with van der Waals surface area (Å²) in [5, 5.41) is 7.32. The molecule has 0 unspecified atom stereocenters. The van der Waals surface area contributed by atoms with E-state index in [0.29, 0.717) is 39.1 Å². The van der Waals surface area contributed by atoms with Gasteiger partial charge in [-0.1, -0.05) is 34.8 Å². The lowest BCUT2D eigenvalue weighted by molar-refractivity contribution is -0.117. The molecule has 0 saturated carbocycles. The molecule has 0 radical (unpaired) electrons. The normalized spacial score (nSPS) is 25.1. The van der Waals surface area contributed by atoms with Crippen molar-refractivity contribution in [3.05, 3.63) is 27.2 Å². The summed E-state index contributed by atoms with van der Waals surface area (Å²) in [6.07, 6.45) is 0. The Labute approximate surface area is 138 Å². The quantitative estimate of drug-likeness (QED) is 0.826. The number of carbonyl (C=O) groups is 1. The Kier molecular flexibility index (Phi) is 4.62. The molecule has 0 bridgehead atoms. The van der Waals surface area contributed by atoms with Gasteiger partial charge in [-0.25, -0.2) is 0 Å². The summed E-state index contributed by atoms with van der Waals surface area (Å²) in [5.74, 6) is 1.26. The summed E-state index contributed by atoms with van der Waals surface area (Å²) < 4.78 is 0. The van der Waals surface area contributed by atoms with Crippen LogP contribution in [0.3, 0.4) is 0 Å². The highest BCUT2D eigenvalue weighted by Gasteiger charge is 2.36. The number of fused-ring (bicyclic) bond motifs is 1. The molecule has 0 aromatic heterocycles. The molecule has 0 spiro atoms. The van der Waals surface area contributed by atoms with Gasteiger partial charge in [-0.2, -0.15) is 0 Å². The lowest BCUT2D eigenvalue weighted by Crippen LogP contribution is -2.33. The van der Waals surface area contributed by atoms with Crippen molar-refractivity contribution in [2.45, 2.75) is 0 Å². The van der Waals surface area contributed by atoms with Crippen LogP contribution in [0.25, 0.3) is 0 Å². The Balaban J connectivity index is 1.58. The number of amides is 1. The summed E-state index contributed by atoms with van der Waals surface area (Å²) in [6, 6.07) is 3.11. The summed E-state index contributed by atoms with van der Waals surface area (Å²) in [4.78, 5) is 14.3. The highest BCUT2D eigenvalue weighted by molar-refractivity contribution is 6.44. The van der Waals surface area contributed by atoms with Crippen LogP contribution >= 0.6 is 34.8 Å². The van der Waals surface area contributed by atoms with Crippen molar-refractivity contribution in [1.29, 1.82) is 0 Å². The monoisotopic (exact) mass is 347 g/mol. The van der Waals surface area contributed by atoms with E-state index in [1.807, 2.05) is 0 Å². The molecule has 1 amide bonds. The number of carbonyl (C=O) groups excluding carboxylic acids is 1. The number of anilines is 1. The molecule has 2 aliphatic heterocycles. The molecular weight excluding hydrogens is 333 g/mol. The second-order valence-electron chi connectivity index (χ2n) is 5.67. The van der Waals surface area contributed by atoms with Gasteiger partial charge in [0.05, 0.1) is 27.3 Å². The van der Waals surface area contributed by atoms with E-state index in [4.69, 9.17) is 34.8 Å². The predicted molar refractivity (Wildman–Crippen MR) is 86.4 cm³/mol. The van der Waals surface area contributed by atoms with Crippen molar-refractivity contribution in [2.24, 2.45) is 11.8 Å². The number of hydrogen-bond acceptors (Lipinski definition) is 3. The van der Waals surface area contributed by atoms with Crippen molar-refractivity contribution in [1.82, 2.24) is 10.2 Å². The van der Waals surface area contributed by atoms with Gasteiger partial charge in [0.15, 0.2) is 0 Å². The number of nitrogens with one attached hydrogen (secondary N) is 2. The van der Waals surface area contributed by atoms with Crippen LogP contribution in [0.2, 0.25) is 15.1 Å². The second kappa shape index (κ2) is 6.31. The summed E-state index contributed by atoms with van der Waals surface area (Å²) in [6.45, 7) is 4.44. The minimum atomic E-state index is -0.0804. The maximum Gasteiger partial charge on any atom is 0.238 e. The second-order valence-corrected chi connectivity index (χ2v) is 6.89. The summed E-state index contributed by atoms with van der Waals surface area (Å²) in [7, 11) is 0. The molecule has 7 heteroatoms. The van der Waals surface area contributed by atoms with E-state index < -0.39 is 0 Å². The smallest absolute Gasteiger partial charge is 0.238 e. The Morgan fingerprint density at radius 2 is 1.76 bits per heavy atom. The largest absolute Gasteiger partial charge is 0.324 e.